The average molecular weight is 650 g/mol. The summed E-state index contributed by atoms with van der Waals surface area (Å²) < 4.78 is 47.2. The van der Waals surface area contributed by atoms with Crippen LogP contribution < -0.4 is 27.4 Å². The third-order valence-corrected chi connectivity index (χ3v) is 8.06. The summed E-state index contributed by atoms with van der Waals surface area (Å²) in [5.41, 5.74) is 1.17. The first kappa shape index (κ1) is 31.4. The number of anilines is 1. The summed E-state index contributed by atoms with van der Waals surface area (Å²) in [4.78, 5) is 89.2. The molecule has 0 amide bonds. The zero-order valence-electron chi connectivity index (χ0n) is 22.0. The lowest BCUT2D eigenvalue weighted by Gasteiger charge is -2.37. The summed E-state index contributed by atoms with van der Waals surface area (Å²) in [5, 5.41) is 10.9. The van der Waals surface area contributed by atoms with Crippen LogP contribution in [0.2, 0.25) is 0 Å². The summed E-state index contributed by atoms with van der Waals surface area (Å²) in [6.45, 7) is 0.314. The minimum atomic E-state index is -5.55. The van der Waals surface area contributed by atoms with E-state index in [0.717, 1.165) is 10.8 Å². The number of hydrogen-bond donors (Lipinski definition) is 7. The van der Waals surface area contributed by atoms with Crippen LogP contribution in [-0.2, 0) is 27.7 Å². The molecule has 0 aliphatic carbocycles. The largest absolute Gasteiger partial charge is 0.756 e. The molecular formula is C20H26N7O14P2-. The molecule has 2 aliphatic heterocycles. The Balaban J connectivity index is 1.51. The van der Waals surface area contributed by atoms with E-state index in [4.69, 9.17) is 19.7 Å². The highest BCUT2D eigenvalue weighted by atomic mass is 31.2. The number of hydrogen-bond acceptors (Lipinski definition) is 14. The Kier molecular flexibility index (Phi) is 8.12. The van der Waals surface area contributed by atoms with Crippen LogP contribution in [0.5, 0.6) is 0 Å². The van der Waals surface area contributed by atoms with Crippen molar-refractivity contribution in [3.63, 3.8) is 0 Å². The molecule has 21 nitrogen and oxygen atoms in total. The van der Waals surface area contributed by atoms with E-state index in [1.54, 1.807) is 0 Å². The lowest BCUT2D eigenvalue weighted by atomic mass is 9.89. The normalized spacial score (nSPS) is 29.3. The van der Waals surface area contributed by atoms with Gasteiger partial charge in [-0.25, -0.2) is 14.3 Å². The smallest absolute Gasteiger partial charge is 0.469 e. The summed E-state index contributed by atoms with van der Waals surface area (Å²) in [5.74, 6) is -0.216. The molecule has 0 spiro atoms. The fourth-order valence-corrected chi connectivity index (χ4v) is 6.17. The molecule has 236 valence electrons. The molecule has 0 radical (unpaired) electrons. The second-order valence-electron chi connectivity index (χ2n) is 10.1. The number of nitrogens with zero attached hydrogens (tertiary/aromatic N) is 4. The quantitative estimate of drug-likeness (QED) is 0.115. The van der Waals surface area contributed by atoms with Crippen molar-refractivity contribution in [2.75, 3.05) is 12.3 Å². The summed E-state index contributed by atoms with van der Waals surface area (Å²) >= 11 is 0. The van der Waals surface area contributed by atoms with Gasteiger partial charge in [0.25, 0.3) is 18.9 Å². The van der Waals surface area contributed by atoms with E-state index in [0.29, 0.717) is 0 Å². The van der Waals surface area contributed by atoms with Crippen molar-refractivity contribution >= 4 is 32.8 Å². The fourth-order valence-electron chi connectivity index (χ4n) is 5.19. The molecule has 7 atom stereocenters. The molecule has 0 saturated carbocycles. The minimum absolute atomic E-state index is 0.0254. The minimum Gasteiger partial charge on any atom is -0.756 e. The molecule has 7 unspecified atom stereocenters. The van der Waals surface area contributed by atoms with Crippen LogP contribution in [0.3, 0.4) is 0 Å². The van der Waals surface area contributed by atoms with E-state index in [2.05, 4.69) is 24.5 Å². The van der Waals surface area contributed by atoms with Gasteiger partial charge >= 0.3 is 13.5 Å². The first-order chi connectivity index (χ1) is 19.9. The van der Waals surface area contributed by atoms with Gasteiger partial charge in [0.15, 0.2) is 11.2 Å². The molecular weight excluding hydrogens is 624 g/mol. The molecule has 2 saturated heterocycles. The Labute approximate surface area is 238 Å². The Morgan fingerprint density at radius 3 is 2.56 bits per heavy atom. The van der Waals surface area contributed by atoms with Gasteiger partial charge in [0.1, 0.15) is 24.2 Å². The molecule has 0 bridgehead atoms. The number of nitrogen functional groups attached to an aromatic ring is 1. The molecule has 5 rings (SSSR count). The second kappa shape index (κ2) is 11.1. The molecule has 3 aromatic rings. The highest BCUT2D eigenvalue weighted by Gasteiger charge is 2.55. The first-order valence-corrected chi connectivity index (χ1v) is 15.5. The number of phosphoric ester groups is 2. The maximum Gasteiger partial charge on any atom is 0.469 e. The van der Waals surface area contributed by atoms with Crippen LogP contribution in [0.25, 0.3) is 11.2 Å². The van der Waals surface area contributed by atoms with Gasteiger partial charge in [-0.1, -0.05) is 0 Å². The maximum absolute atomic E-state index is 12.6. The van der Waals surface area contributed by atoms with Gasteiger partial charge in [-0.15, -0.1) is 0 Å². The lowest BCUT2D eigenvalue weighted by molar-refractivity contribution is -0.232. The van der Waals surface area contributed by atoms with Gasteiger partial charge < -0.3 is 44.4 Å². The van der Waals surface area contributed by atoms with E-state index in [1.165, 1.54) is 17.8 Å². The number of aromatic amines is 2. The monoisotopic (exact) mass is 650 g/mol. The average Bonchev–Trinajstić information content (AvgIpc) is 3.55. The molecule has 5 heterocycles. The number of nitrogens with two attached hydrogens (primary N) is 1. The van der Waals surface area contributed by atoms with Gasteiger partial charge in [-0.2, -0.15) is 4.98 Å². The van der Waals surface area contributed by atoms with Crippen molar-refractivity contribution in [2.24, 2.45) is 0 Å². The summed E-state index contributed by atoms with van der Waals surface area (Å²) in [6.07, 6.45) is -5.65. The highest BCUT2D eigenvalue weighted by molar-refractivity contribution is 7.46. The number of H-pyrrole nitrogens is 2. The highest BCUT2D eigenvalue weighted by Crippen LogP contribution is 2.51. The lowest BCUT2D eigenvalue weighted by Crippen LogP contribution is -2.49. The zero-order chi connectivity index (χ0) is 31.5. The van der Waals surface area contributed by atoms with Crippen LogP contribution in [0, 0.1) is 6.92 Å². The number of aliphatic hydroxyl groups is 1. The SMILES string of the molecule is Cc1cn(C2CC(OP(=O)([O-])O)C(COP(=O)(O)O)(CC3OC(n4cnc5c(=O)[nH]c(N)nc54)CC3O)O2)c(=O)[nH]c1=O. The number of phosphoric acid groups is 2. The van der Waals surface area contributed by atoms with Crippen LogP contribution in [0.1, 0.15) is 37.3 Å². The Hall–Kier alpha value is -3.07. The number of aliphatic hydroxyl groups excluding tert-OH is 1. The van der Waals surface area contributed by atoms with Gasteiger partial charge in [-0.3, -0.25) is 37.8 Å². The number of aryl methyl sites for hydroxylation is 1. The van der Waals surface area contributed by atoms with Crippen molar-refractivity contribution in [3.8, 4) is 0 Å². The number of ether oxygens (including phenoxy) is 2. The number of nitrogens with one attached hydrogen (secondary N) is 2. The third kappa shape index (κ3) is 6.56. The Morgan fingerprint density at radius 2 is 1.88 bits per heavy atom. The van der Waals surface area contributed by atoms with Crippen LogP contribution in [-0.4, -0.2) is 79.4 Å². The van der Waals surface area contributed by atoms with Crippen molar-refractivity contribution in [1.82, 2.24) is 29.1 Å². The topological polar surface area (TPSA) is 319 Å². The van der Waals surface area contributed by atoms with Crippen LogP contribution in [0.15, 0.2) is 26.9 Å². The van der Waals surface area contributed by atoms with Crippen molar-refractivity contribution in [3.05, 3.63) is 49.3 Å². The van der Waals surface area contributed by atoms with Gasteiger partial charge in [-0.05, 0) is 6.92 Å². The second-order valence-corrected chi connectivity index (χ2v) is 12.5. The van der Waals surface area contributed by atoms with Crippen LogP contribution in [0.4, 0.5) is 5.95 Å². The van der Waals surface area contributed by atoms with E-state index in [1.807, 2.05) is 0 Å². The molecule has 2 aliphatic rings. The maximum atomic E-state index is 12.6. The zero-order valence-corrected chi connectivity index (χ0v) is 23.8. The standard InChI is InChI=1S/C20H27N7O14P2/c1-8-5-26(19(31)25-16(8)29)13-3-11(41-43(35,36)37)20(40-13,6-38-42(32,33)34)4-10-9(28)2-12(39-10)27-7-22-14-15(27)23-18(21)24-17(14)30/h5,7,9-13,28H,2-4,6H2,1H3,(H,25,29,31)(H2,32,33,34)(H2,35,36,37)(H3,21,23,24,30)/p-1. The molecule has 3 aromatic heterocycles. The molecule has 23 heteroatoms. The van der Waals surface area contributed by atoms with E-state index in [-0.39, 0.29) is 29.1 Å². The first-order valence-electron chi connectivity index (χ1n) is 12.4. The number of fused-ring (bicyclic) bond motifs is 1. The van der Waals surface area contributed by atoms with Crippen LogP contribution >= 0.6 is 15.6 Å². The molecule has 2 fully saturated rings. The third-order valence-electron chi connectivity index (χ3n) is 7.08. The summed E-state index contributed by atoms with van der Waals surface area (Å²) in [7, 11) is -10.8. The van der Waals surface area contributed by atoms with Gasteiger partial charge in [0.2, 0.25) is 5.95 Å². The van der Waals surface area contributed by atoms with E-state index >= 15 is 0 Å². The van der Waals surface area contributed by atoms with Crippen molar-refractivity contribution < 1.29 is 52.3 Å². The predicted octanol–water partition coefficient (Wildman–Crippen LogP) is -2.79. The number of rotatable bonds is 9. The summed E-state index contributed by atoms with van der Waals surface area (Å²) in [6, 6.07) is 0. The molecule has 0 aromatic carbocycles. The molecule has 8 N–H and O–H groups in total. The van der Waals surface area contributed by atoms with Crippen molar-refractivity contribution in [2.45, 2.75) is 62.6 Å². The van der Waals surface area contributed by atoms with Gasteiger partial charge in [0.05, 0.1) is 25.1 Å². The predicted molar refractivity (Wildman–Crippen MR) is 138 cm³/mol. The number of aromatic nitrogens is 6. The molecule has 43 heavy (non-hydrogen) atoms. The number of imidazole rings is 1. The Bertz CT molecular complexity index is 1810. The fraction of sp³-hybridized carbons (Fsp3) is 0.550. The Morgan fingerprint density at radius 1 is 1.16 bits per heavy atom. The van der Waals surface area contributed by atoms with Gasteiger partial charge in [0, 0.05) is 31.0 Å². The van der Waals surface area contributed by atoms with E-state index in [9.17, 15) is 48.2 Å². The van der Waals surface area contributed by atoms with E-state index < -0.39 is 88.3 Å². The van der Waals surface area contributed by atoms with Crippen molar-refractivity contribution in [1.29, 1.82) is 0 Å².